The molecule has 0 fully saturated rings. The van der Waals surface area contributed by atoms with Gasteiger partial charge >= 0.3 is 5.69 Å². The zero-order valence-electron chi connectivity index (χ0n) is 15.9. The predicted molar refractivity (Wildman–Crippen MR) is 112 cm³/mol. The summed E-state index contributed by atoms with van der Waals surface area (Å²) in [7, 11) is 4.37. The molecule has 10 heteroatoms. The van der Waals surface area contributed by atoms with Crippen molar-refractivity contribution in [2.75, 3.05) is 26.8 Å². The summed E-state index contributed by atoms with van der Waals surface area (Å²) in [6.07, 6.45) is 1.44. The van der Waals surface area contributed by atoms with Gasteiger partial charge in [0.25, 0.3) is 0 Å². The number of ether oxygens (including phenoxy) is 3. The normalized spacial score (nSPS) is 10.7. The third-order valence-electron chi connectivity index (χ3n) is 3.94. The van der Waals surface area contributed by atoms with E-state index in [1.54, 1.807) is 13.2 Å². The summed E-state index contributed by atoms with van der Waals surface area (Å²) in [6.45, 7) is 0. The monoisotopic (exact) mass is 414 g/mol. The average Bonchev–Trinajstić information content (AvgIpc) is 3.21. The van der Waals surface area contributed by atoms with E-state index in [0.29, 0.717) is 10.7 Å². The lowest BCUT2D eigenvalue weighted by molar-refractivity contribution is -0.385. The van der Waals surface area contributed by atoms with Crippen LogP contribution in [0.2, 0.25) is 0 Å². The van der Waals surface area contributed by atoms with Crippen LogP contribution in [0.3, 0.4) is 0 Å². The van der Waals surface area contributed by atoms with Crippen molar-refractivity contribution in [2.45, 2.75) is 0 Å². The van der Waals surface area contributed by atoms with Crippen molar-refractivity contribution in [1.82, 2.24) is 4.98 Å². The van der Waals surface area contributed by atoms with Gasteiger partial charge in [-0.15, -0.1) is 11.3 Å². The number of methoxy groups -OCH3 is 3. The molecule has 29 heavy (non-hydrogen) atoms. The first-order valence-electron chi connectivity index (χ1n) is 8.35. The molecular weight excluding hydrogens is 396 g/mol. The fourth-order valence-electron chi connectivity index (χ4n) is 2.64. The van der Waals surface area contributed by atoms with Crippen molar-refractivity contribution < 1.29 is 19.1 Å². The topological polar surface area (TPSA) is 108 Å². The number of aromatic nitrogens is 1. The fraction of sp³-hybridized carbons (Fsp3) is 0.158. The molecule has 0 aliphatic carbocycles. The van der Waals surface area contributed by atoms with Crippen molar-refractivity contribution in [2.24, 2.45) is 5.10 Å². The molecule has 3 aromatic rings. The first-order valence-corrected chi connectivity index (χ1v) is 9.23. The highest BCUT2D eigenvalue weighted by Gasteiger charge is 2.21. The number of nitro groups is 1. The molecule has 1 aromatic heterocycles. The highest BCUT2D eigenvalue weighted by atomic mass is 32.1. The van der Waals surface area contributed by atoms with E-state index < -0.39 is 4.92 Å². The summed E-state index contributed by atoms with van der Waals surface area (Å²) in [6, 6.07) is 10.5. The SMILES string of the molecule is COc1ccccc1-c1csc(N/N=C\c2cc(OC)c(OC)c([N+](=O)[O-])c2)n1. The third kappa shape index (κ3) is 4.43. The van der Waals surface area contributed by atoms with Crippen molar-refractivity contribution in [3.05, 3.63) is 57.5 Å². The Morgan fingerprint density at radius 1 is 1.14 bits per heavy atom. The van der Waals surface area contributed by atoms with Crippen molar-refractivity contribution in [1.29, 1.82) is 0 Å². The maximum absolute atomic E-state index is 11.3. The minimum absolute atomic E-state index is 0.0592. The highest BCUT2D eigenvalue weighted by Crippen LogP contribution is 2.37. The Morgan fingerprint density at radius 3 is 2.59 bits per heavy atom. The second-order valence-electron chi connectivity index (χ2n) is 5.64. The number of hydrogen-bond donors (Lipinski definition) is 1. The molecular formula is C19H18N4O5S. The van der Waals surface area contributed by atoms with Gasteiger partial charge in [0.05, 0.1) is 38.2 Å². The van der Waals surface area contributed by atoms with Crippen LogP contribution in [-0.2, 0) is 0 Å². The van der Waals surface area contributed by atoms with Gasteiger partial charge in [0.2, 0.25) is 10.9 Å². The summed E-state index contributed by atoms with van der Waals surface area (Å²) in [5.74, 6) is 1.03. The first-order chi connectivity index (χ1) is 14.1. The molecule has 0 radical (unpaired) electrons. The van der Waals surface area contributed by atoms with Gasteiger partial charge in [0.15, 0.2) is 5.75 Å². The number of benzene rings is 2. The van der Waals surface area contributed by atoms with Crippen LogP contribution in [0.1, 0.15) is 5.56 Å². The quantitative estimate of drug-likeness (QED) is 0.334. The molecule has 1 heterocycles. The molecule has 3 rings (SSSR count). The van der Waals surface area contributed by atoms with Crippen LogP contribution in [0, 0.1) is 10.1 Å². The third-order valence-corrected chi connectivity index (χ3v) is 4.69. The van der Waals surface area contributed by atoms with E-state index in [1.165, 1.54) is 37.8 Å². The van der Waals surface area contributed by atoms with Crippen LogP contribution in [-0.4, -0.2) is 37.5 Å². The Kier molecular flexibility index (Phi) is 6.25. The van der Waals surface area contributed by atoms with Crippen LogP contribution < -0.4 is 19.6 Å². The van der Waals surface area contributed by atoms with E-state index in [4.69, 9.17) is 14.2 Å². The van der Waals surface area contributed by atoms with Gasteiger partial charge in [-0.25, -0.2) is 4.98 Å². The van der Waals surface area contributed by atoms with Crippen LogP contribution in [0.25, 0.3) is 11.3 Å². The number of anilines is 1. The van der Waals surface area contributed by atoms with E-state index in [1.807, 2.05) is 29.6 Å². The van der Waals surface area contributed by atoms with Gasteiger partial charge in [-0.2, -0.15) is 5.10 Å². The van der Waals surface area contributed by atoms with Gasteiger partial charge in [-0.3, -0.25) is 15.5 Å². The maximum Gasteiger partial charge on any atom is 0.315 e. The molecule has 150 valence electrons. The lowest BCUT2D eigenvalue weighted by Crippen LogP contribution is -1.99. The van der Waals surface area contributed by atoms with Gasteiger partial charge in [0, 0.05) is 22.6 Å². The minimum Gasteiger partial charge on any atom is -0.496 e. The second-order valence-corrected chi connectivity index (χ2v) is 6.50. The molecule has 0 aliphatic heterocycles. The summed E-state index contributed by atoms with van der Waals surface area (Å²) in [5.41, 5.74) is 4.73. The zero-order valence-corrected chi connectivity index (χ0v) is 16.7. The van der Waals surface area contributed by atoms with E-state index >= 15 is 0 Å². The molecule has 9 nitrogen and oxygen atoms in total. The molecule has 0 unspecified atom stereocenters. The number of nitrogens with zero attached hydrogens (tertiary/aromatic N) is 3. The van der Waals surface area contributed by atoms with Crippen molar-refractivity contribution in [3.63, 3.8) is 0 Å². The maximum atomic E-state index is 11.3. The summed E-state index contributed by atoms with van der Waals surface area (Å²) in [5, 5.41) is 17.8. The van der Waals surface area contributed by atoms with Crippen LogP contribution in [0.5, 0.6) is 17.2 Å². The molecule has 0 saturated heterocycles. The van der Waals surface area contributed by atoms with Crippen molar-refractivity contribution in [3.8, 4) is 28.5 Å². The standard InChI is InChI=1S/C19H18N4O5S/c1-26-16-7-5-4-6-13(16)14-11-29-19(21-14)22-20-10-12-8-15(23(24)25)18(28-3)17(9-12)27-2/h4-11H,1-3H3,(H,21,22)/b20-10-. The molecule has 2 aromatic carbocycles. The Bertz CT molecular complexity index is 1050. The molecule has 0 amide bonds. The van der Waals surface area contributed by atoms with Gasteiger partial charge in [0.1, 0.15) is 5.75 Å². The Hall–Kier alpha value is -3.66. The number of nitro benzene ring substituents is 1. The van der Waals surface area contributed by atoms with E-state index in [9.17, 15) is 10.1 Å². The molecule has 0 spiro atoms. The predicted octanol–water partition coefficient (Wildman–Crippen LogP) is 4.19. The van der Waals surface area contributed by atoms with Gasteiger partial charge in [-0.05, 0) is 18.2 Å². The van der Waals surface area contributed by atoms with E-state index in [-0.39, 0.29) is 17.2 Å². The number of hydrogen-bond acceptors (Lipinski definition) is 9. The molecule has 0 atom stereocenters. The smallest absolute Gasteiger partial charge is 0.315 e. The zero-order chi connectivity index (χ0) is 20.8. The average molecular weight is 414 g/mol. The largest absolute Gasteiger partial charge is 0.496 e. The van der Waals surface area contributed by atoms with Gasteiger partial charge in [-0.1, -0.05) is 12.1 Å². The van der Waals surface area contributed by atoms with Crippen LogP contribution in [0.15, 0.2) is 46.9 Å². The summed E-state index contributed by atoms with van der Waals surface area (Å²) < 4.78 is 15.6. The Balaban J connectivity index is 1.79. The number of nitrogens with one attached hydrogen (secondary N) is 1. The van der Waals surface area contributed by atoms with Gasteiger partial charge < -0.3 is 14.2 Å². The number of thiazole rings is 1. The Labute approximate surface area is 170 Å². The van der Waals surface area contributed by atoms with E-state index in [2.05, 4.69) is 15.5 Å². The second kappa shape index (κ2) is 9.02. The number of para-hydroxylation sites is 1. The van der Waals surface area contributed by atoms with Crippen molar-refractivity contribution >= 4 is 28.4 Å². The van der Waals surface area contributed by atoms with Crippen LogP contribution >= 0.6 is 11.3 Å². The number of hydrazone groups is 1. The molecule has 0 bridgehead atoms. The molecule has 0 aliphatic rings. The number of rotatable bonds is 8. The summed E-state index contributed by atoms with van der Waals surface area (Å²) >= 11 is 1.38. The molecule has 1 N–H and O–H groups in total. The Morgan fingerprint density at radius 2 is 1.90 bits per heavy atom. The lowest BCUT2D eigenvalue weighted by atomic mass is 10.1. The lowest BCUT2D eigenvalue weighted by Gasteiger charge is -2.08. The summed E-state index contributed by atoms with van der Waals surface area (Å²) in [4.78, 5) is 15.2. The highest BCUT2D eigenvalue weighted by molar-refractivity contribution is 7.14. The minimum atomic E-state index is -0.535. The molecule has 0 saturated carbocycles. The van der Waals surface area contributed by atoms with Crippen LogP contribution in [0.4, 0.5) is 10.8 Å². The fourth-order valence-corrected chi connectivity index (χ4v) is 3.30. The first kappa shape index (κ1) is 20.1. The van der Waals surface area contributed by atoms with E-state index in [0.717, 1.165) is 17.0 Å².